The van der Waals surface area contributed by atoms with Crippen LogP contribution in [0.15, 0.2) is 24.3 Å². The fraction of sp³-hybridized carbons (Fsp3) is 0.312. The molecule has 0 saturated carbocycles. The highest BCUT2D eigenvalue weighted by Crippen LogP contribution is 2.25. The number of hydrogen-bond acceptors (Lipinski definition) is 2. The van der Waals surface area contributed by atoms with Crippen LogP contribution in [0.1, 0.15) is 21.1 Å². The zero-order valence-electron chi connectivity index (χ0n) is 12.0. The number of benzene rings is 1. The van der Waals surface area contributed by atoms with E-state index in [1.807, 2.05) is 6.07 Å². The van der Waals surface area contributed by atoms with Gasteiger partial charge in [0.1, 0.15) is 11.3 Å². The lowest BCUT2D eigenvalue weighted by Crippen LogP contribution is -2.04. The predicted molar refractivity (Wildman–Crippen MR) is 87.0 cm³/mol. The highest BCUT2D eigenvalue weighted by atomic mass is 35.5. The number of alkyl halides is 1. The molecule has 0 unspecified atom stereocenters. The number of imidazole rings is 1. The fourth-order valence-corrected chi connectivity index (χ4v) is 3.71. The minimum atomic E-state index is -0.277. The quantitative estimate of drug-likeness (QED) is 0.637. The van der Waals surface area contributed by atoms with Crippen LogP contribution >= 0.6 is 22.9 Å². The second-order valence-corrected chi connectivity index (χ2v) is 6.83. The molecule has 0 amide bonds. The largest absolute Gasteiger partial charge is 0.323 e. The Bertz CT molecular complexity index is 772. The summed E-state index contributed by atoms with van der Waals surface area (Å²) in [6.07, 6.45) is 0.638. The number of aromatic nitrogens is 2. The highest BCUT2D eigenvalue weighted by Gasteiger charge is 2.14. The van der Waals surface area contributed by atoms with E-state index in [-0.39, 0.29) is 5.82 Å². The predicted octanol–water partition coefficient (Wildman–Crippen LogP) is 4.68. The Kier molecular flexibility index (Phi) is 4.00. The molecule has 1 aromatic carbocycles. The summed E-state index contributed by atoms with van der Waals surface area (Å²) in [7, 11) is 0. The van der Waals surface area contributed by atoms with Crippen molar-refractivity contribution in [3.05, 3.63) is 51.2 Å². The second-order valence-electron chi connectivity index (χ2n) is 5.11. The molecule has 0 aliphatic heterocycles. The third kappa shape index (κ3) is 2.70. The lowest BCUT2D eigenvalue weighted by Gasteiger charge is -2.07. The Morgan fingerprint density at radius 3 is 2.81 bits per heavy atom. The van der Waals surface area contributed by atoms with Crippen LogP contribution in [0.3, 0.4) is 0 Å². The van der Waals surface area contributed by atoms with Crippen molar-refractivity contribution in [2.45, 2.75) is 26.8 Å². The van der Waals surface area contributed by atoms with Crippen LogP contribution in [-0.4, -0.2) is 15.4 Å². The zero-order valence-corrected chi connectivity index (χ0v) is 13.6. The van der Waals surface area contributed by atoms with Crippen LogP contribution in [-0.2, 0) is 13.0 Å². The summed E-state index contributed by atoms with van der Waals surface area (Å²) in [5.74, 6) is 1.04. The van der Waals surface area contributed by atoms with Crippen LogP contribution in [0, 0.1) is 19.7 Å². The first-order chi connectivity index (χ1) is 10.1. The van der Waals surface area contributed by atoms with E-state index in [4.69, 9.17) is 11.6 Å². The Morgan fingerprint density at radius 1 is 1.33 bits per heavy atom. The fourth-order valence-electron chi connectivity index (χ4n) is 2.50. The van der Waals surface area contributed by atoms with Gasteiger partial charge >= 0.3 is 0 Å². The smallest absolute Gasteiger partial charge is 0.151 e. The van der Waals surface area contributed by atoms with Gasteiger partial charge in [-0.1, -0.05) is 6.07 Å². The number of rotatable bonds is 4. The van der Waals surface area contributed by atoms with Gasteiger partial charge in [-0.25, -0.2) is 9.37 Å². The monoisotopic (exact) mass is 322 g/mol. The molecule has 0 N–H and O–H groups in total. The molecule has 0 atom stereocenters. The molecular formula is C16H16ClFN2S. The van der Waals surface area contributed by atoms with Crippen molar-refractivity contribution in [3.63, 3.8) is 0 Å². The molecule has 0 spiro atoms. The molecule has 0 aliphatic carbocycles. The standard InChI is InChI=1S/C16H16ClFN2S/c1-10-8-12(21-11(10)2)9-20-14-5-3-4-13(18)16(14)19-15(20)6-7-17/h3-5,8H,6-7,9H2,1-2H3. The average molecular weight is 323 g/mol. The molecule has 2 aromatic heterocycles. The first-order valence-electron chi connectivity index (χ1n) is 6.85. The molecule has 0 fully saturated rings. The summed E-state index contributed by atoms with van der Waals surface area (Å²) < 4.78 is 16.0. The van der Waals surface area contributed by atoms with Gasteiger partial charge in [-0.15, -0.1) is 22.9 Å². The number of fused-ring (bicyclic) bond motifs is 1. The summed E-state index contributed by atoms with van der Waals surface area (Å²) in [5.41, 5.74) is 2.56. The van der Waals surface area contributed by atoms with Gasteiger partial charge in [0.05, 0.1) is 12.1 Å². The number of aryl methyl sites for hydroxylation is 3. The molecule has 0 aliphatic rings. The van der Waals surface area contributed by atoms with Crippen LogP contribution in [0.25, 0.3) is 11.0 Å². The van der Waals surface area contributed by atoms with Crippen molar-refractivity contribution in [1.29, 1.82) is 0 Å². The van der Waals surface area contributed by atoms with Gasteiger partial charge in [-0.05, 0) is 37.6 Å². The normalized spacial score (nSPS) is 11.4. The van der Waals surface area contributed by atoms with E-state index in [2.05, 4.69) is 29.5 Å². The summed E-state index contributed by atoms with van der Waals surface area (Å²) in [6.45, 7) is 4.95. The molecular weight excluding hydrogens is 307 g/mol. The minimum Gasteiger partial charge on any atom is -0.323 e. The first-order valence-corrected chi connectivity index (χ1v) is 8.20. The van der Waals surface area contributed by atoms with Gasteiger partial charge in [0.15, 0.2) is 5.82 Å². The van der Waals surface area contributed by atoms with E-state index in [9.17, 15) is 4.39 Å². The molecule has 3 aromatic rings. The van der Waals surface area contributed by atoms with Crippen molar-refractivity contribution in [2.24, 2.45) is 0 Å². The van der Waals surface area contributed by atoms with Gasteiger partial charge in [0.2, 0.25) is 0 Å². The molecule has 0 bridgehead atoms. The number of halogens is 2. The van der Waals surface area contributed by atoms with E-state index >= 15 is 0 Å². The molecule has 110 valence electrons. The summed E-state index contributed by atoms with van der Waals surface area (Å²) >= 11 is 7.64. The summed E-state index contributed by atoms with van der Waals surface area (Å²) in [4.78, 5) is 7.01. The summed E-state index contributed by atoms with van der Waals surface area (Å²) in [5, 5.41) is 0. The van der Waals surface area contributed by atoms with Crippen molar-refractivity contribution in [2.75, 3.05) is 5.88 Å². The molecule has 2 heterocycles. The zero-order chi connectivity index (χ0) is 15.0. The van der Waals surface area contributed by atoms with Gasteiger partial charge in [0, 0.05) is 22.1 Å². The van der Waals surface area contributed by atoms with Crippen LogP contribution in [0.2, 0.25) is 0 Å². The Balaban J connectivity index is 2.10. The lowest BCUT2D eigenvalue weighted by molar-refractivity contribution is 0.637. The molecule has 2 nitrogen and oxygen atoms in total. The van der Waals surface area contributed by atoms with Gasteiger partial charge in [0.25, 0.3) is 0 Å². The second kappa shape index (κ2) is 5.78. The maximum atomic E-state index is 13.9. The maximum absolute atomic E-state index is 13.9. The summed E-state index contributed by atoms with van der Waals surface area (Å²) in [6, 6.07) is 7.28. The van der Waals surface area contributed by atoms with E-state index in [1.165, 1.54) is 21.4 Å². The Labute approximate surface area is 132 Å². The van der Waals surface area contributed by atoms with Gasteiger partial charge in [-0.2, -0.15) is 0 Å². The molecule has 3 rings (SSSR count). The van der Waals surface area contributed by atoms with Crippen LogP contribution < -0.4 is 0 Å². The third-order valence-corrected chi connectivity index (χ3v) is 4.98. The lowest BCUT2D eigenvalue weighted by atomic mass is 10.2. The van der Waals surface area contributed by atoms with Gasteiger partial charge < -0.3 is 4.57 Å². The van der Waals surface area contributed by atoms with E-state index in [1.54, 1.807) is 17.4 Å². The van der Waals surface area contributed by atoms with Crippen molar-refractivity contribution >= 4 is 34.0 Å². The van der Waals surface area contributed by atoms with E-state index < -0.39 is 0 Å². The van der Waals surface area contributed by atoms with Gasteiger partial charge in [-0.3, -0.25) is 0 Å². The van der Waals surface area contributed by atoms with Crippen molar-refractivity contribution in [3.8, 4) is 0 Å². The maximum Gasteiger partial charge on any atom is 0.151 e. The number of nitrogens with zero attached hydrogens (tertiary/aromatic N) is 2. The third-order valence-electron chi connectivity index (χ3n) is 3.66. The van der Waals surface area contributed by atoms with Crippen molar-refractivity contribution < 1.29 is 4.39 Å². The molecule has 0 saturated heterocycles. The van der Waals surface area contributed by atoms with Crippen LogP contribution in [0.5, 0.6) is 0 Å². The molecule has 21 heavy (non-hydrogen) atoms. The highest BCUT2D eigenvalue weighted by molar-refractivity contribution is 7.12. The number of thiophene rings is 1. The Morgan fingerprint density at radius 2 is 2.14 bits per heavy atom. The number of para-hydroxylation sites is 1. The Hall–Kier alpha value is -1.39. The van der Waals surface area contributed by atoms with Crippen molar-refractivity contribution in [1.82, 2.24) is 9.55 Å². The minimum absolute atomic E-state index is 0.277. The molecule has 0 radical (unpaired) electrons. The average Bonchev–Trinajstić information content (AvgIpc) is 2.94. The van der Waals surface area contributed by atoms with E-state index in [0.717, 1.165) is 11.3 Å². The molecule has 5 heteroatoms. The van der Waals surface area contributed by atoms with Crippen LogP contribution in [0.4, 0.5) is 4.39 Å². The topological polar surface area (TPSA) is 17.8 Å². The van der Waals surface area contributed by atoms with E-state index in [0.29, 0.717) is 24.4 Å². The first kappa shape index (κ1) is 14.5. The number of hydrogen-bond donors (Lipinski definition) is 0. The SMILES string of the molecule is Cc1cc(Cn2c(CCCl)nc3c(F)cccc32)sc1C.